The molecule has 0 bridgehead atoms. The average Bonchev–Trinajstić information content (AvgIpc) is 2.93. The zero-order chi connectivity index (χ0) is 29.8. The van der Waals surface area contributed by atoms with Crippen molar-refractivity contribution in [2.24, 2.45) is 0 Å². The second kappa shape index (κ2) is 47.0. The molecule has 4 nitrogen and oxygen atoms in total. The van der Waals surface area contributed by atoms with Gasteiger partial charge in [0.15, 0.2) is 0 Å². The maximum atomic E-state index is 10.2. The maximum absolute atomic E-state index is 10.2. The van der Waals surface area contributed by atoms with Crippen molar-refractivity contribution >= 4 is 11.9 Å². The molecule has 0 saturated carbocycles. The Labute approximate surface area is 328 Å². The minimum Gasteiger partial charge on any atom is -0.550 e. The van der Waals surface area contributed by atoms with E-state index in [-0.39, 0.29) is 93.8 Å². The molecule has 42 heavy (non-hydrogen) atoms. The Morgan fingerprint density at radius 2 is 0.476 bits per heavy atom. The molecular formula is C36H70KNaO4. The molecular weight excluding hydrogens is 558 g/mol. The second-order valence-corrected chi connectivity index (χ2v) is 12.1. The molecule has 0 aromatic heterocycles. The topological polar surface area (TPSA) is 80.3 Å². The molecule has 0 radical (unpaired) electrons. The number of carboxylic acids is 2. The quantitative estimate of drug-likeness (QED) is 0.0834. The Morgan fingerprint density at radius 1 is 0.333 bits per heavy atom. The number of aliphatic carboxylic acids is 2. The minimum absolute atomic E-state index is 0. The van der Waals surface area contributed by atoms with Crippen LogP contribution in [0.1, 0.15) is 219 Å². The van der Waals surface area contributed by atoms with Gasteiger partial charge in [-0.25, -0.2) is 0 Å². The molecule has 0 aromatic carbocycles. The summed E-state index contributed by atoms with van der Waals surface area (Å²) in [7, 11) is 0. The van der Waals surface area contributed by atoms with Gasteiger partial charge in [-0.3, -0.25) is 0 Å². The summed E-state index contributed by atoms with van der Waals surface area (Å²) in [6.07, 6.45) is 39.7. The molecule has 0 fully saturated rings. The van der Waals surface area contributed by atoms with Gasteiger partial charge in [-0.1, -0.05) is 194 Å². The third kappa shape index (κ3) is 54.1. The summed E-state index contributed by atoms with van der Waals surface area (Å²) < 4.78 is 0. The molecule has 0 spiro atoms. The van der Waals surface area contributed by atoms with Crippen LogP contribution in [0.25, 0.3) is 0 Å². The predicted molar refractivity (Wildman–Crippen MR) is 169 cm³/mol. The second-order valence-electron chi connectivity index (χ2n) is 12.1. The van der Waals surface area contributed by atoms with Gasteiger partial charge in [0, 0.05) is 11.9 Å². The number of carbonyl (C=O) groups excluding carboxylic acids is 2. The fraction of sp³-hybridized carbons (Fsp3) is 0.944. The van der Waals surface area contributed by atoms with E-state index in [4.69, 9.17) is 0 Å². The monoisotopic (exact) mass is 628 g/mol. The predicted octanol–water partition coefficient (Wildman–Crippen LogP) is 4.00. The van der Waals surface area contributed by atoms with Crippen molar-refractivity contribution in [3.05, 3.63) is 0 Å². The van der Waals surface area contributed by atoms with Crippen molar-refractivity contribution in [3.8, 4) is 0 Å². The number of hydrogen-bond donors (Lipinski definition) is 0. The summed E-state index contributed by atoms with van der Waals surface area (Å²) in [5.74, 6) is -1.81. The van der Waals surface area contributed by atoms with Crippen molar-refractivity contribution < 1.29 is 101 Å². The molecule has 240 valence electrons. The van der Waals surface area contributed by atoms with Crippen LogP contribution in [-0.2, 0) is 9.59 Å². The van der Waals surface area contributed by atoms with Gasteiger partial charge in [-0.05, 0) is 25.7 Å². The van der Waals surface area contributed by atoms with Crippen molar-refractivity contribution in [2.75, 3.05) is 0 Å². The molecule has 0 aliphatic carbocycles. The van der Waals surface area contributed by atoms with Crippen LogP contribution in [0.4, 0.5) is 0 Å². The van der Waals surface area contributed by atoms with Crippen LogP contribution in [-0.4, -0.2) is 11.9 Å². The Balaban J connectivity index is -0.000000328. The summed E-state index contributed by atoms with van der Waals surface area (Å²) in [6, 6.07) is 0. The number of unbranched alkanes of at least 4 members (excludes halogenated alkanes) is 28. The third-order valence-corrected chi connectivity index (χ3v) is 7.97. The molecule has 0 N–H and O–H groups in total. The first-order valence-corrected chi connectivity index (χ1v) is 17.9. The van der Waals surface area contributed by atoms with Crippen LogP contribution in [0.2, 0.25) is 0 Å². The van der Waals surface area contributed by atoms with Crippen LogP contribution in [0.15, 0.2) is 0 Å². The number of hydrogen-bond acceptors (Lipinski definition) is 4. The SMILES string of the molecule is CCCCCCCCCCCCCCCCCC(=O)[O-].CCCCCCCCCCCCCCCCCC(=O)[O-].[K+].[Na+]. The number of carbonyl (C=O) groups is 2. The van der Waals surface area contributed by atoms with E-state index in [2.05, 4.69) is 13.8 Å². The summed E-state index contributed by atoms with van der Waals surface area (Å²) in [5.41, 5.74) is 0. The fourth-order valence-electron chi connectivity index (χ4n) is 5.28. The molecule has 0 rings (SSSR count). The van der Waals surface area contributed by atoms with Crippen LogP contribution in [0, 0.1) is 0 Å². The average molecular weight is 629 g/mol. The van der Waals surface area contributed by atoms with Crippen LogP contribution < -0.4 is 91.2 Å². The molecule has 0 saturated heterocycles. The molecule has 6 heteroatoms. The van der Waals surface area contributed by atoms with Gasteiger partial charge in [-0.2, -0.15) is 0 Å². The number of carboxylic acid groups (broad SMARTS) is 2. The van der Waals surface area contributed by atoms with E-state index in [9.17, 15) is 19.8 Å². The van der Waals surface area contributed by atoms with E-state index in [0.29, 0.717) is 0 Å². The standard InChI is InChI=1S/2C18H36O2.K.Na/c2*1-2-3-4-5-6-7-8-9-10-11-12-13-14-15-16-17-18(19)20;;/h2*2-17H2,1H3,(H,19,20);;/q;;2*+1/p-2. The van der Waals surface area contributed by atoms with Gasteiger partial charge >= 0.3 is 80.9 Å². The zero-order valence-electron chi connectivity index (χ0n) is 29.3. The fourth-order valence-corrected chi connectivity index (χ4v) is 5.28. The van der Waals surface area contributed by atoms with Gasteiger partial charge in [0.1, 0.15) is 0 Å². The largest absolute Gasteiger partial charge is 1.00 e. The molecule has 0 aliphatic heterocycles. The van der Waals surface area contributed by atoms with E-state index in [1.54, 1.807) is 0 Å². The van der Waals surface area contributed by atoms with Gasteiger partial charge < -0.3 is 19.8 Å². The van der Waals surface area contributed by atoms with Crippen molar-refractivity contribution in [3.63, 3.8) is 0 Å². The molecule has 0 atom stereocenters. The van der Waals surface area contributed by atoms with E-state index in [1.807, 2.05) is 0 Å². The summed E-state index contributed by atoms with van der Waals surface area (Å²) >= 11 is 0. The van der Waals surface area contributed by atoms with Crippen LogP contribution >= 0.6 is 0 Å². The van der Waals surface area contributed by atoms with Gasteiger partial charge in [0.2, 0.25) is 0 Å². The van der Waals surface area contributed by atoms with Gasteiger partial charge in [-0.15, -0.1) is 0 Å². The Hall–Kier alpha value is 1.58. The van der Waals surface area contributed by atoms with Crippen LogP contribution in [0.5, 0.6) is 0 Å². The van der Waals surface area contributed by atoms with Crippen LogP contribution in [0.3, 0.4) is 0 Å². The van der Waals surface area contributed by atoms with Crippen molar-refractivity contribution in [1.82, 2.24) is 0 Å². The van der Waals surface area contributed by atoms with Gasteiger partial charge in [0.05, 0.1) is 0 Å². The Kier molecular flexibility index (Phi) is 56.4. The van der Waals surface area contributed by atoms with E-state index in [1.165, 1.54) is 167 Å². The van der Waals surface area contributed by atoms with E-state index >= 15 is 0 Å². The normalized spacial score (nSPS) is 10.3. The molecule has 0 aliphatic rings. The first kappa shape index (κ1) is 50.4. The Morgan fingerprint density at radius 3 is 0.619 bits per heavy atom. The number of rotatable bonds is 32. The zero-order valence-corrected chi connectivity index (χ0v) is 34.4. The third-order valence-electron chi connectivity index (χ3n) is 7.97. The first-order valence-electron chi connectivity index (χ1n) is 17.9. The summed E-state index contributed by atoms with van der Waals surface area (Å²) in [5, 5.41) is 20.4. The van der Waals surface area contributed by atoms with E-state index in [0.717, 1.165) is 25.7 Å². The van der Waals surface area contributed by atoms with Crippen molar-refractivity contribution in [1.29, 1.82) is 0 Å². The minimum atomic E-state index is -0.903. The Bertz CT molecular complexity index is 461. The maximum Gasteiger partial charge on any atom is 1.00 e. The molecule has 0 unspecified atom stereocenters. The first-order chi connectivity index (χ1) is 19.5. The van der Waals surface area contributed by atoms with Crippen molar-refractivity contribution in [2.45, 2.75) is 219 Å². The van der Waals surface area contributed by atoms with Gasteiger partial charge in [0.25, 0.3) is 0 Å². The molecule has 0 amide bonds. The summed E-state index contributed by atoms with van der Waals surface area (Å²) in [4.78, 5) is 20.4. The molecule has 0 heterocycles. The smallest absolute Gasteiger partial charge is 0.550 e. The summed E-state index contributed by atoms with van der Waals surface area (Å²) in [6.45, 7) is 4.53. The van der Waals surface area contributed by atoms with E-state index < -0.39 is 11.9 Å². The molecule has 0 aromatic rings.